The van der Waals surface area contributed by atoms with Crippen molar-refractivity contribution < 1.29 is 22.4 Å². The van der Waals surface area contributed by atoms with Crippen LogP contribution in [0.25, 0.3) is 10.9 Å². The number of anilines is 1. The monoisotopic (exact) mass is 515 g/mol. The molecule has 4 rings (SSSR count). The van der Waals surface area contributed by atoms with Crippen molar-refractivity contribution in [3.8, 4) is 0 Å². The molecule has 3 N–H and O–H groups in total. The highest BCUT2D eigenvalue weighted by Gasteiger charge is 2.36. The minimum absolute atomic E-state index is 0.152. The molecule has 0 aliphatic carbocycles. The number of aromatic nitrogens is 3. The van der Waals surface area contributed by atoms with E-state index in [0.29, 0.717) is 23.0 Å². The Bertz CT molecular complexity index is 1460. The van der Waals surface area contributed by atoms with Gasteiger partial charge < -0.3 is 11.1 Å². The number of nitrogens with one attached hydrogen (secondary N) is 1. The van der Waals surface area contributed by atoms with Crippen LogP contribution in [-0.2, 0) is 19.1 Å². The molecule has 0 spiro atoms. The number of fused-ring (bicyclic) bond motifs is 1. The number of nitrogens with zero attached hydrogens (tertiary/aromatic N) is 3. The quantitative estimate of drug-likeness (QED) is 0.267. The van der Waals surface area contributed by atoms with Crippen molar-refractivity contribution in [2.75, 3.05) is 12.0 Å². The van der Waals surface area contributed by atoms with E-state index in [1.807, 2.05) is 18.4 Å². The van der Waals surface area contributed by atoms with Crippen LogP contribution in [0.15, 0.2) is 53.7 Å². The first kappa shape index (κ1) is 25.4. The number of hydrogen-bond acceptors (Lipinski definition) is 6. The van der Waals surface area contributed by atoms with E-state index in [0.717, 1.165) is 10.5 Å². The molecule has 0 bridgehead atoms. The van der Waals surface area contributed by atoms with Crippen molar-refractivity contribution in [1.82, 2.24) is 20.3 Å². The molecule has 4 aromatic rings. The zero-order valence-electron chi connectivity index (χ0n) is 19.3. The molecule has 11 heteroatoms. The number of amides is 1. The predicted molar refractivity (Wildman–Crippen MR) is 130 cm³/mol. The second kappa shape index (κ2) is 10.1. The number of benzene rings is 1. The van der Waals surface area contributed by atoms with Crippen LogP contribution in [-0.4, -0.2) is 27.1 Å². The van der Waals surface area contributed by atoms with E-state index in [1.54, 1.807) is 6.07 Å². The molecule has 1 amide bonds. The lowest BCUT2D eigenvalue weighted by Gasteiger charge is -2.16. The number of pyridine rings is 3. The van der Waals surface area contributed by atoms with Gasteiger partial charge in [-0.2, -0.15) is 13.2 Å². The maximum absolute atomic E-state index is 13.7. The molecule has 0 radical (unpaired) electrons. The lowest BCUT2D eigenvalue weighted by Crippen LogP contribution is -2.26. The molecule has 3 aromatic heterocycles. The fraction of sp³-hybridized carbons (Fsp3) is 0.200. The largest absolute Gasteiger partial charge is 0.433 e. The first-order chi connectivity index (χ1) is 17.0. The van der Waals surface area contributed by atoms with Gasteiger partial charge in [-0.1, -0.05) is 0 Å². The number of carbonyl (C=O) groups excluding carboxylic acids is 1. The highest BCUT2D eigenvalue weighted by atomic mass is 32.2. The van der Waals surface area contributed by atoms with E-state index in [-0.39, 0.29) is 29.1 Å². The smallest absolute Gasteiger partial charge is 0.384 e. The lowest BCUT2D eigenvalue weighted by molar-refractivity contribution is -0.141. The van der Waals surface area contributed by atoms with E-state index < -0.39 is 23.6 Å². The SMILES string of the molecule is CSc1cc(Cc2cc(C(=O)NCc3c(C)cc(N)nc3C(F)(F)F)ccn2)cc2cc(F)cnc12. The Kier molecular flexibility index (Phi) is 7.11. The molecule has 6 nitrogen and oxygen atoms in total. The summed E-state index contributed by atoms with van der Waals surface area (Å²) >= 11 is 1.48. The van der Waals surface area contributed by atoms with E-state index in [1.165, 1.54) is 49.3 Å². The van der Waals surface area contributed by atoms with Gasteiger partial charge >= 0.3 is 6.18 Å². The summed E-state index contributed by atoms with van der Waals surface area (Å²) in [6.07, 6.45) is 0.178. The van der Waals surface area contributed by atoms with Crippen LogP contribution in [0, 0.1) is 12.7 Å². The summed E-state index contributed by atoms with van der Waals surface area (Å²) < 4.78 is 54.0. The second-order valence-electron chi connectivity index (χ2n) is 8.11. The Morgan fingerprint density at radius 1 is 1.14 bits per heavy atom. The normalized spacial score (nSPS) is 11.6. The molecule has 0 fully saturated rings. The summed E-state index contributed by atoms with van der Waals surface area (Å²) in [7, 11) is 0. The fourth-order valence-corrected chi connectivity index (χ4v) is 4.52. The van der Waals surface area contributed by atoms with Crippen LogP contribution in [0.3, 0.4) is 0 Å². The fourth-order valence-electron chi connectivity index (χ4n) is 3.88. The number of aryl methyl sites for hydroxylation is 1. The van der Waals surface area contributed by atoms with Crippen molar-refractivity contribution in [3.63, 3.8) is 0 Å². The van der Waals surface area contributed by atoms with Gasteiger partial charge in [0.1, 0.15) is 11.6 Å². The second-order valence-corrected chi connectivity index (χ2v) is 8.96. The summed E-state index contributed by atoms with van der Waals surface area (Å²) in [4.78, 5) is 25.5. The summed E-state index contributed by atoms with van der Waals surface area (Å²) in [5.41, 5.74) is 6.84. The Labute approximate surface area is 208 Å². The molecule has 1 aromatic carbocycles. The highest BCUT2D eigenvalue weighted by Crippen LogP contribution is 2.33. The molecule has 3 heterocycles. The number of hydrogen-bond donors (Lipinski definition) is 2. The molecule has 0 saturated heterocycles. The molecule has 0 saturated carbocycles. The van der Waals surface area contributed by atoms with Gasteiger partial charge in [0.2, 0.25) is 0 Å². The summed E-state index contributed by atoms with van der Waals surface area (Å²) in [5.74, 6) is -1.24. The minimum Gasteiger partial charge on any atom is -0.384 e. The van der Waals surface area contributed by atoms with Crippen molar-refractivity contribution in [2.24, 2.45) is 0 Å². The molecule has 0 aliphatic rings. The molecule has 0 aliphatic heterocycles. The van der Waals surface area contributed by atoms with Crippen molar-refractivity contribution in [3.05, 3.63) is 88.3 Å². The number of carbonyl (C=O) groups is 1. The molecule has 36 heavy (non-hydrogen) atoms. The zero-order chi connectivity index (χ0) is 26.0. The van der Waals surface area contributed by atoms with Gasteiger partial charge in [-0.15, -0.1) is 11.8 Å². The van der Waals surface area contributed by atoms with Gasteiger partial charge in [-0.25, -0.2) is 9.37 Å². The molecule has 186 valence electrons. The third-order valence-electron chi connectivity index (χ3n) is 5.52. The van der Waals surface area contributed by atoms with Crippen molar-refractivity contribution >= 4 is 34.4 Å². The number of nitrogens with two attached hydrogens (primary N) is 1. The van der Waals surface area contributed by atoms with Crippen LogP contribution < -0.4 is 11.1 Å². The van der Waals surface area contributed by atoms with E-state index in [2.05, 4.69) is 20.3 Å². The van der Waals surface area contributed by atoms with Crippen LogP contribution in [0.5, 0.6) is 0 Å². The number of rotatable bonds is 6. The number of thioether (sulfide) groups is 1. The van der Waals surface area contributed by atoms with Gasteiger partial charge in [-0.05, 0) is 60.7 Å². The van der Waals surface area contributed by atoms with E-state index in [4.69, 9.17) is 5.73 Å². The Balaban J connectivity index is 1.55. The molecular formula is C25H21F4N5OS. The highest BCUT2D eigenvalue weighted by molar-refractivity contribution is 7.98. The third-order valence-corrected chi connectivity index (χ3v) is 6.27. The van der Waals surface area contributed by atoms with E-state index in [9.17, 15) is 22.4 Å². The standard InChI is InChI=1S/C25H21F4N5OS/c1-13-5-21(30)34-23(25(27,28)29)19(13)12-33-24(35)15-3-4-31-18(10-15)7-14-6-16-9-17(26)11-32-22(16)20(8-14)36-2/h3-6,8-11H,7,12H2,1-2H3,(H2,30,34)(H,33,35). The Hall–Kier alpha value is -3.73. The van der Waals surface area contributed by atoms with Gasteiger partial charge in [0.05, 0.1) is 11.7 Å². The number of nitrogen functional groups attached to an aromatic ring is 1. The van der Waals surface area contributed by atoms with Crippen molar-refractivity contribution in [1.29, 1.82) is 0 Å². The van der Waals surface area contributed by atoms with Crippen LogP contribution in [0.2, 0.25) is 0 Å². The molecular weight excluding hydrogens is 494 g/mol. The number of halogens is 4. The van der Waals surface area contributed by atoms with Gasteiger partial charge in [-0.3, -0.25) is 14.8 Å². The summed E-state index contributed by atoms with van der Waals surface area (Å²) in [6.45, 7) is 1.11. The summed E-state index contributed by atoms with van der Waals surface area (Å²) in [5, 5.41) is 3.18. The third kappa shape index (κ3) is 5.56. The lowest BCUT2D eigenvalue weighted by atomic mass is 10.0. The van der Waals surface area contributed by atoms with Crippen LogP contribution in [0.1, 0.15) is 38.4 Å². The maximum Gasteiger partial charge on any atom is 0.433 e. The van der Waals surface area contributed by atoms with Gasteiger partial charge in [0, 0.05) is 46.3 Å². The first-order valence-corrected chi connectivity index (χ1v) is 12.0. The molecule has 0 unspecified atom stereocenters. The zero-order valence-corrected chi connectivity index (χ0v) is 20.1. The average molecular weight is 516 g/mol. The topological polar surface area (TPSA) is 93.8 Å². The van der Waals surface area contributed by atoms with Crippen molar-refractivity contribution in [2.45, 2.75) is 31.0 Å². The van der Waals surface area contributed by atoms with E-state index >= 15 is 0 Å². The van der Waals surface area contributed by atoms with Gasteiger partial charge in [0.15, 0.2) is 5.69 Å². The average Bonchev–Trinajstić information content (AvgIpc) is 2.81. The predicted octanol–water partition coefficient (Wildman–Crippen LogP) is 5.32. The van der Waals surface area contributed by atoms with Crippen LogP contribution in [0.4, 0.5) is 23.4 Å². The molecule has 0 atom stereocenters. The Morgan fingerprint density at radius 2 is 1.92 bits per heavy atom. The summed E-state index contributed by atoms with van der Waals surface area (Å²) in [6, 6.07) is 9.53. The Morgan fingerprint density at radius 3 is 2.64 bits per heavy atom. The van der Waals surface area contributed by atoms with Crippen LogP contribution >= 0.6 is 11.8 Å². The number of alkyl halides is 3. The first-order valence-electron chi connectivity index (χ1n) is 10.7. The van der Waals surface area contributed by atoms with Gasteiger partial charge in [0.25, 0.3) is 5.91 Å². The minimum atomic E-state index is -4.71. The maximum atomic E-state index is 13.7.